The van der Waals surface area contributed by atoms with Crippen LogP contribution >= 0.6 is 15.9 Å². The molecule has 0 heterocycles. The number of sulfonamides is 1. The SMILES string of the molecule is CN(Cc1ccc(Br)cc1)C(=O)c1ccc(NS(C)(=O)=O)cc1. The van der Waals surface area contributed by atoms with E-state index in [0.29, 0.717) is 17.8 Å². The average Bonchev–Trinajstić information content (AvgIpc) is 2.48. The number of carbonyl (C=O) groups is 1. The number of hydrogen-bond donors (Lipinski definition) is 1. The van der Waals surface area contributed by atoms with Crippen molar-refractivity contribution in [1.82, 2.24) is 4.90 Å². The van der Waals surface area contributed by atoms with Gasteiger partial charge in [-0.15, -0.1) is 0 Å². The van der Waals surface area contributed by atoms with Gasteiger partial charge < -0.3 is 4.90 Å². The van der Waals surface area contributed by atoms with E-state index in [1.165, 1.54) is 0 Å². The van der Waals surface area contributed by atoms with Crippen LogP contribution < -0.4 is 4.72 Å². The molecule has 2 rings (SSSR count). The zero-order valence-corrected chi connectivity index (χ0v) is 15.2. The van der Waals surface area contributed by atoms with Crippen molar-refractivity contribution in [3.05, 3.63) is 64.1 Å². The Bertz CT molecular complexity index is 787. The molecule has 23 heavy (non-hydrogen) atoms. The molecule has 0 saturated carbocycles. The molecule has 122 valence electrons. The molecular weight excluding hydrogens is 380 g/mol. The third-order valence-corrected chi connectivity index (χ3v) is 4.25. The molecule has 0 bridgehead atoms. The second-order valence-electron chi connectivity index (χ2n) is 5.24. The first-order valence-corrected chi connectivity index (χ1v) is 9.51. The molecule has 0 aliphatic rings. The lowest BCUT2D eigenvalue weighted by molar-refractivity contribution is 0.0785. The van der Waals surface area contributed by atoms with Crippen molar-refractivity contribution in [1.29, 1.82) is 0 Å². The summed E-state index contributed by atoms with van der Waals surface area (Å²) in [4.78, 5) is 14.0. The Labute approximate surface area is 144 Å². The van der Waals surface area contributed by atoms with E-state index in [-0.39, 0.29) is 5.91 Å². The minimum absolute atomic E-state index is 0.126. The minimum Gasteiger partial charge on any atom is -0.337 e. The van der Waals surface area contributed by atoms with Gasteiger partial charge in [0.05, 0.1) is 6.26 Å². The second-order valence-corrected chi connectivity index (χ2v) is 7.90. The minimum atomic E-state index is -3.32. The standard InChI is InChI=1S/C16H17BrN2O3S/c1-19(11-12-3-7-14(17)8-4-12)16(20)13-5-9-15(10-6-13)18-23(2,21)22/h3-10,18H,11H2,1-2H3. The number of benzene rings is 2. The molecule has 1 N–H and O–H groups in total. The summed E-state index contributed by atoms with van der Waals surface area (Å²) in [6.45, 7) is 0.495. The normalized spacial score (nSPS) is 11.1. The number of anilines is 1. The molecule has 2 aromatic carbocycles. The van der Waals surface area contributed by atoms with Gasteiger partial charge >= 0.3 is 0 Å². The Hall–Kier alpha value is -1.86. The van der Waals surface area contributed by atoms with Crippen LogP contribution in [0.1, 0.15) is 15.9 Å². The molecule has 5 nitrogen and oxygen atoms in total. The van der Waals surface area contributed by atoms with E-state index < -0.39 is 10.0 Å². The molecule has 7 heteroatoms. The third-order valence-electron chi connectivity index (χ3n) is 3.11. The fourth-order valence-electron chi connectivity index (χ4n) is 2.05. The predicted molar refractivity (Wildman–Crippen MR) is 94.8 cm³/mol. The van der Waals surface area contributed by atoms with Crippen LogP contribution in [0.5, 0.6) is 0 Å². The maximum Gasteiger partial charge on any atom is 0.253 e. The van der Waals surface area contributed by atoms with E-state index in [0.717, 1.165) is 16.3 Å². The van der Waals surface area contributed by atoms with Crippen LogP contribution in [0.25, 0.3) is 0 Å². The maximum atomic E-state index is 12.4. The van der Waals surface area contributed by atoms with Crippen LogP contribution in [-0.2, 0) is 16.6 Å². The average molecular weight is 397 g/mol. The summed E-state index contributed by atoms with van der Waals surface area (Å²) >= 11 is 3.38. The summed E-state index contributed by atoms with van der Waals surface area (Å²) in [6.07, 6.45) is 1.08. The third kappa shape index (κ3) is 5.37. The summed E-state index contributed by atoms with van der Waals surface area (Å²) in [5.41, 5.74) is 1.96. The summed E-state index contributed by atoms with van der Waals surface area (Å²) in [5.74, 6) is -0.126. The van der Waals surface area contributed by atoms with E-state index in [1.54, 1.807) is 36.2 Å². The van der Waals surface area contributed by atoms with Gasteiger partial charge in [-0.05, 0) is 42.0 Å². The van der Waals surface area contributed by atoms with Gasteiger partial charge in [0.2, 0.25) is 10.0 Å². The quantitative estimate of drug-likeness (QED) is 0.843. The first kappa shape index (κ1) is 17.5. The number of nitrogens with one attached hydrogen (secondary N) is 1. The van der Waals surface area contributed by atoms with Crippen molar-refractivity contribution in [3.63, 3.8) is 0 Å². The van der Waals surface area contributed by atoms with Gasteiger partial charge in [0.1, 0.15) is 0 Å². The van der Waals surface area contributed by atoms with Gasteiger partial charge in [0.15, 0.2) is 0 Å². The zero-order valence-electron chi connectivity index (χ0n) is 12.8. The van der Waals surface area contributed by atoms with Gasteiger partial charge in [-0.3, -0.25) is 9.52 Å². The molecule has 0 aliphatic heterocycles. The molecule has 0 atom stereocenters. The van der Waals surface area contributed by atoms with E-state index in [2.05, 4.69) is 20.7 Å². The molecule has 0 fully saturated rings. The first-order chi connectivity index (χ1) is 10.7. The van der Waals surface area contributed by atoms with Crippen molar-refractivity contribution in [2.24, 2.45) is 0 Å². The first-order valence-electron chi connectivity index (χ1n) is 6.82. The van der Waals surface area contributed by atoms with Crippen molar-refractivity contribution in [3.8, 4) is 0 Å². The molecule has 0 spiro atoms. The molecule has 0 saturated heterocycles. The van der Waals surface area contributed by atoms with Gasteiger partial charge in [-0.2, -0.15) is 0 Å². The topological polar surface area (TPSA) is 66.5 Å². The Morgan fingerprint density at radius 2 is 1.65 bits per heavy atom. The Morgan fingerprint density at radius 1 is 1.09 bits per heavy atom. The van der Waals surface area contributed by atoms with E-state index in [4.69, 9.17) is 0 Å². The largest absolute Gasteiger partial charge is 0.337 e. The molecule has 2 aromatic rings. The second kappa shape index (κ2) is 7.14. The summed E-state index contributed by atoms with van der Waals surface area (Å²) in [7, 11) is -1.59. The lowest BCUT2D eigenvalue weighted by Gasteiger charge is -2.17. The lowest BCUT2D eigenvalue weighted by Crippen LogP contribution is -2.26. The Balaban J connectivity index is 2.05. The number of rotatable bonds is 5. The molecule has 0 unspecified atom stereocenters. The van der Waals surface area contributed by atoms with Crippen LogP contribution in [0.2, 0.25) is 0 Å². The Kier molecular flexibility index (Phi) is 5.43. The van der Waals surface area contributed by atoms with Crippen molar-refractivity contribution < 1.29 is 13.2 Å². The highest BCUT2D eigenvalue weighted by Gasteiger charge is 2.12. The molecular formula is C16H17BrN2O3S. The highest BCUT2D eigenvalue weighted by atomic mass is 79.9. The number of nitrogens with zero attached hydrogens (tertiary/aromatic N) is 1. The van der Waals surface area contributed by atoms with E-state index >= 15 is 0 Å². The fourth-order valence-corrected chi connectivity index (χ4v) is 2.88. The van der Waals surface area contributed by atoms with E-state index in [1.807, 2.05) is 24.3 Å². The van der Waals surface area contributed by atoms with Crippen molar-refractivity contribution in [2.75, 3.05) is 18.0 Å². The van der Waals surface area contributed by atoms with Crippen LogP contribution in [0.15, 0.2) is 53.0 Å². The van der Waals surface area contributed by atoms with Crippen LogP contribution in [0.3, 0.4) is 0 Å². The maximum absolute atomic E-state index is 12.4. The summed E-state index contributed by atoms with van der Waals surface area (Å²) in [6, 6.07) is 14.1. The number of hydrogen-bond acceptors (Lipinski definition) is 3. The molecule has 0 aliphatic carbocycles. The number of halogens is 1. The molecule has 0 aromatic heterocycles. The molecule has 0 radical (unpaired) electrons. The van der Waals surface area contributed by atoms with Gasteiger partial charge in [0, 0.05) is 29.3 Å². The van der Waals surface area contributed by atoms with Gasteiger partial charge in [-0.1, -0.05) is 28.1 Å². The van der Waals surface area contributed by atoms with Crippen LogP contribution in [0, 0.1) is 0 Å². The smallest absolute Gasteiger partial charge is 0.253 e. The van der Waals surface area contributed by atoms with E-state index in [9.17, 15) is 13.2 Å². The lowest BCUT2D eigenvalue weighted by atomic mass is 10.1. The van der Waals surface area contributed by atoms with Crippen molar-refractivity contribution >= 4 is 37.5 Å². The summed E-state index contributed by atoms with van der Waals surface area (Å²) in [5, 5.41) is 0. The summed E-state index contributed by atoms with van der Waals surface area (Å²) < 4.78 is 25.7. The highest BCUT2D eigenvalue weighted by Crippen LogP contribution is 2.15. The number of amides is 1. The zero-order chi connectivity index (χ0) is 17.0. The van der Waals surface area contributed by atoms with Gasteiger partial charge in [0.25, 0.3) is 5.91 Å². The van der Waals surface area contributed by atoms with Gasteiger partial charge in [-0.25, -0.2) is 8.42 Å². The monoisotopic (exact) mass is 396 g/mol. The van der Waals surface area contributed by atoms with Crippen LogP contribution in [-0.4, -0.2) is 32.5 Å². The Morgan fingerprint density at radius 3 is 2.17 bits per heavy atom. The van der Waals surface area contributed by atoms with Crippen LogP contribution in [0.4, 0.5) is 5.69 Å². The van der Waals surface area contributed by atoms with Crippen molar-refractivity contribution in [2.45, 2.75) is 6.54 Å². The number of carbonyl (C=O) groups excluding carboxylic acids is 1. The molecule has 1 amide bonds. The predicted octanol–water partition coefficient (Wildman–Crippen LogP) is 3.09. The fraction of sp³-hybridized carbons (Fsp3) is 0.188. The highest BCUT2D eigenvalue weighted by molar-refractivity contribution is 9.10.